The van der Waals surface area contributed by atoms with Crippen LogP contribution in [0, 0.1) is 0 Å². The Morgan fingerprint density at radius 1 is 1.29 bits per heavy atom. The van der Waals surface area contributed by atoms with Gasteiger partial charge in [-0.1, -0.05) is 0 Å². The summed E-state index contributed by atoms with van der Waals surface area (Å²) in [4.78, 5) is 9.82. The van der Waals surface area contributed by atoms with E-state index in [4.69, 9.17) is 9.84 Å². The third-order valence-electron chi connectivity index (χ3n) is 1.02. The highest BCUT2D eigenvalue weighted by molar-refractivity contribution is 5.65. The minimum absolute atomic E-state index is 0.0870. The van der Waals surface area contributed by atoms with Gasteiger partial charge in [0.1, 0.15) is 0 Å². The van der Waals surface area contributed by atoms with Crippen molar-refractivity contribution in [3.05, 3.63) is 0 Å². The summed E-state index contributed by atoms with van der Waals surface area (Å²) in [7, 11) is 1.61. The molecule has 1 N–H and O–H groups in total. The molecule has 0 saturated heterocycles. The van der Waals surface area contributed by atoms with E-state index in [1.165, 1.54) is 6.92 Å². The van der Waals surface area contributed by atoms with Crippen LogP contribution in [0.1, 0.15) is 13.8 Å². The molecule has 5 nitrogen and oxygen atoms in total. The number of hydrogen-bond donors (Lipinski definition) is 1. The highest BCUT2D eigenvalue weighted by atomic mass is 16.5. The first-order valence-electron chi connectivity index (χ1n) is 4.49. The maximum absolute atomic E-state index is 9.82. The van der Waals surface area contributed by atoms with Gasteiger partial charge in [0.15, 0.2) is 0 Å². The second-order valence-corrected chi connectivity index (χ2v) is 2.25. The van der Waals surface area contributed by atoms with Crippen LogP contribution in [0.4, 0.5) is 0 Å². The molecule has 0 aromatic rings. The molecule has 0 aliphatic carbocycles. The van der Waals surface area contributed by atoms with Crippen molar-refractivity contribution in [1.82, 2.24) is 0 Å². The van der Waals surface area contributed by atoms with Gasteiger partial charge < -0.3 is 19.3 Å². The third-order valence-corrected chi connectivity index (χ3v) is 1.02. The number of rotatable bonds is 6. The van der Waals surface area contributed by atoms with Crippen molar-refractivity contribution in [1.29, 1.82) is 0 Å². The Labute approximate surface area is 85.0 Å². The number of esters is 1. The molecule has 0 amide bonds. The van der Waals surface area contributed by atoms with Crippen LogP contribution in [0.2, 0.25) is 0 Å². The van der Waals surface area contributed by atoms with Crippen LogP contribution >= 0.6 is 0 Å². The maximum atomic E-state index is 9.82. The molecule has 0 bridgehead atoms. The van der Waals surface area contributed by atoms with Gasteiger partial charge in [-0.2, -0.15) is 0 Å². The molecule has 5 heteroatoms. The Hall–Kier alpha value is -0.650. The first-order valence-corrected chi connectivity index (χ1v) is 4.49. The van der Waals surface area contributed by atoms with Gasteiger partial charge >= 0.3 is 5.97 Å². The van der Waals surface area contributed by atoms with Gasteiger partial charge in [0.2, 0.25) is 0 Å². The number of aliphatic hydroxyl groups is 1. The highest BCUT2D eigenvalue weighted by Crippen LogP contribution is 1.72. The minimum atomic E-state index is -0.211. The lowest BCUT2D eigenvalue weighted by Crippen LogP contribution is -2.05. The van der Waals surface area contributed by atoms with Crippen molar-refractivity contribution >= 4 is 5.97 Å². The van der Waals surface area contributed by atoms with Crippen molar-refractivity contribution in [2.45, 2.75) is 13.8 Å². The lowest BCUT2D eigenvalue weighted by molar-refractivity contribution is -0.140. The Balaban J connectivity index is 0. The molecule has 0 spiro atoms. The molecule has 14 heavy (non-hydrogen) atoms. The SMILES string of the molecule is CCOC(C)=O.COCCOCCO. The van der Waals surface area contributed by atoms with Crippen molar-refractivity contribution in [2.24, 2.45) is 0 Å². The van der Waals surface area contributed by atoms with Crippen LogP contribution in [0.25, 0.3) is 0 Å². The fourth-order valence-corrected chi connectivity index (χ4v) is 0.512. The second-order valence-electron chi connectivity index (χ2n) is 2.25. The van der Waals surface area contributed by atoms with Gasteiger partial charge in [0.25, 0.3) is 0 Å². The summed E-state index contributed by atoms with van der Waals surface area (Å²) in [5.74, 6) is -0.211. The summed E-state index contributed by atoms with van der Waals surface area (Å²) in [6.07, 6.45) is 0. The molecule has 0 heterocycles. The molecule has 86 valence electrons. The maximum Gasteiger partial charge on any atom is 0.302 e. The van der Waals surface area contributed by atoms with Crippen molar-refractivity contribution in [3.63, 3.8) is 0 Å². The molecule has 0 aliphatic heterocycles. The molecule has 0 saturated carbocycles. The van der Waals surface area contributed by atoms with E-state index >= 15 is 0 Å². The van der Waals surface area contributed by atoms with Gasteiger partial charge in [-0.3, -0.25) is 4.79 Å². The molecule has 0 atom stereocenters. The van der Waals surface area contributed by atoms with E-state index in [0.29, 0.717) is 26.4 Å². The molecule has 0 aromatic carbocycles. The zero-order valence-corrected chi connectivity index (χ0v) is 9.12. The third kappa shape index (κ3) is 22.5. The molecule has 0 rings (SSSR count). The lowest BCUT2D eigenvalue weighted by atomic mass is 10.7. The van der Waals surface area contributed by atoms with E-state index in [-0.39, 0.29) is 12.6 Å². The molecular formula is C9H20O5. The standard InChI is InChI=1S/C5H12O3.C4H8O2/c1-7-4-5-8-3-2-6;1-3-6-4(2)5/h6H,2-5H2,1H3;3H2,1-2H3. The fraction of sp³-hybridized carbons (Fsp3) is 0.889. The predicted octanol–water partition coefficient (Wildman–Crippen LogP) is 0.211. The first kappa shape index (κ1) is 15.8. The van der Waals surface area contributed by atoms with Gasteiger partial charge in [-0.15, -0.1) is 0 Å². The monoisotopic (exact) mass is 208 g/mol. The quantitative estimate of drug-likeness (QED) is 0.499. The molecular weight excluding hydrogens is 188 g/mol. The van der Waals surface area contributed by atoms with Crippen molar-refractivity contribution < 1.29 is 24.1 Å². The van der Waals surface area contributed by atoms with E-state index in [1.54, 1.807) is 14.0 Å². The van der Waals surface area contributed by atoms with E-state index < -0.39 is 0 Å². The van der Waals surface area contributed by atoms with E-state index in [9.17, 15) is 4.79 Å². The minimum Gasteiger partial charge on any atom is -0.466 e. The van der Waals surface area contributed by atoms with Crippen molar-refractivity contribution in [3.8, 4) is 0 Å². The van der Waals surface area contributed by atoms with Crippen LogP contribution < -0.4 is 0 Å². The Morgan fingerprint density at radius 3 is 2.21 bits per heavy atom. The average Bonchev–Trinajstić information content (AvgIpc) is 2.13. The number of carbonyl (C=O) groups is 1. The molecule has 0 radical (unpaired) electrons. The second kappa shape index (κ2) is 14.9. The number of carbonyl (C=O) groups excluding carboxylic acids is 1. The van der Waals surface area contributed by atoms with E-state index in [1.807, 2.05) is 0 Å². The number of ether oxygens (including phenoxy) is 3. The molecule has 0 aliphatic rings. The van der Waals surface area contributed by atoms with E-state index in [2.05, 4.69) is 9.47 Å². The van der Waals surface area contributed by atoms with Gasteiger partial charge in [-0.05, 0) is 6.92 Å². The summed E-state index contributed by atoms with van der Waals surface area (Å²) < 4.78 is 13.9. The molecule has 0 unspecified atom stereocenters. The fourth-order valence-electron chi connectivity index (χ4n) is 0.512. The number of methoxy groups -OCH3 is 1. The summed E-state index contributed by atoms with van der Waals surface area (Å²) in [5.41, 5.74) is 0. The highest BCUT2D eigenvalue weighted by Gasteiger charge is 1.82. The van der Waals surface area contributed by atoms with Crippen LogP contribution in [-0.4, -0.2) is 51.2 Å². The van der Waals surface area contributed by atoms with Crippen LogP contribution in [0.5, 0.6) is 0 Å². The summed E-state index contributed by atoms with van der Waals surface area (Å²) >= 11 is 0. The zero-order valence-electron chi connectivity index (χ0n) is 9.12. The normalized spacial score (nSPS) is 8.86. The van der Waals surface area contributed by atoms with Gasteiger partial charge in [0, 0.05) is 14.0 Å². The van der Waals surface area contributed by atoms with E-state index in [0.717, 1.165) is 0 Å². The average molecular weight is 208 g/mol. The topological polar surface area (TPSA) is 65.0 Å². The summed E-state index contributed by atoms with van der Waals surface area (Å²) in [6.45, 7) is 5.31. The Morgan fingerprint density at radius 2 is 1.93 bits per heavy atom. The Kier molecular flexibility index (Phi) is 16.8. The van der Waals surface area contributed by atoms with Crippen LogP contribution in [0.15, 0.2) is 0 Å². The van der Waals surface area contributed by atoms with Crippen LogP contribution in [0.3, 0.4) is 0 Å². The van der Waals surface area contributed by atoms with Crippen LogP contribution in [-0.2, 0) is 19.0 Å². The lowest BCUT2D eigenvalue weighted by Gasteiger charge is -1.98. The van der Waals surface area contributed by atoms with Gasteiger partial charge in [0.05, 0.1) is 33.0 Å². The summed E-state index contributed by atoms with van der Waals surface area (Å²) in [5, 5.41) is 8.20. The largest absolute Gasteiger partial charge is 0.466 e. The number of aliphatic hydroxyl groups excluding tert-OH is 1. The van der Waals surface area contributed by atoms with Gasteiger partial charge in [-0.25, -0.2) is 0 Å². The smallest absolute Gasteiger partial charge is 0.302 e. The number of hydrogen-bond acceptors (Lipinski definition) is 5. The molecule has 0 aromatic heterocycles. The predicted molar refractivity (Wildman–Crippen MR) is 52.1 cm³/mol. The Bertz CT molecular complexity index is 110. The zero-order chi connectivity index (χ0) is 11.2. The van der Waals surface area contributed by atoms with Crippen molar-refractivity contribution in [2.75, 3.05) is 40.1 Å². The molecule has 0 fully saturated rings. The summed E-state index contributed by atoms with van der Waals surface area (Å²) in [6, 6.07) is 0. The first-order chi connectivity index (χ1) is 6.68.